The van der Waals surface area contributed by atoms with Crippen LogP contribution in [0.25, 0.3) is 22.4 Å². The summed E-state index contributed by atoms with van der Waals surface area (Å²) in [5.41, 5.74) is 5.34. The van der Waals surface area contributed by atoms with Crippen molar-refractivity contribution < 1.29 is 4.74 Å². The van der Waals surface area contributed by atoms with Crippen LogP contribution in [0.1, 0.15) is 11.1 Å². The molecule has 1 heterocycles. The molecule has 0 aliphatic heterocycles. The molecule has 0 amide bonds. The standard InChI is InChI=1S/C21H18N2O/c1-15-11-12-18-19(13-15)23-21(22-18)17-9-5-6-10-20(17)24-14-16-7-3-2-4-8-16/h2-13H,14H2,1H3,(H,22,23). The number of fused-ring (bicyclic) bond motifs is 1. The number of ether oxygens (including phenoxy) is 1. The molecule has 118 valence electrons. The number of imidazole rings is 1. The molecule has 0 atom stereocenters. The molecular formula is C21H18N2O. The number of nitrogens with zero attached hydrogens (tertiary/aromatic N) is 1. The van der Waals surface area contributed by atoms with Gasteiger partial charge < -0.3 is 9.72 Å². The van der Waals surface area contributed by atoms with E-state index < -0.39 is 0 Å². The summed E-state index contributed by atoms with van der Waals surface area (Å²) in [6, 6.07) is 24.4. The Hall–Kier alpha value is -3.07. The van der Waals surface area contributed by atoms with Gasteiger partial charge in [-0.15, -0.1) is 0 Å². The predicted octanol–water partition coefficient (Wildman–Crippen LogP) is 5.12. The lowest BCUT2D eigenvalue weighted by molar-refractivity contribution is 0.307. The minimum Gasteiger partial charge on any atom is -0.488 e. The van der Waals surface area contributed by atoms with E-state index >= 15 is 0 Å². The van der Waals surface area contributed by atoms with Crippen molar-refractivity contribution in [2.75, 3.05) is 0 Å². The lowest BCUT2D eigenvalue weighted by Gasteiger charge is -2.10. The van der Waals surface area contributed by atoms with Crippen molar-refractivity contribution in [2.45, 2.75) is 13.5 Å². The van der Waals surface area contributed by atoms with Gasteiger partial charge in [0.2, 0.25) is 0 Å². The van der Waals surface area contributed by atoms with Crippen molar-refractivity contribution >= 4 is 11.0 Å². The number of nitrogens with one attached hydrogen (secondary N) is 1. The second kappa shape index (κ2) is 6.20. The molecule has 0 saturated heterocycles. The van der Waals surface area contributed by atoms with Gasteiger partial charge in [0.15, 0.2) is 0 Å². The predicted molar refractivity (Wildman–Crippen MR) is 97.0 cm³/mol. The second-order valence-corrected chi connectivity index (χ2v) is 5.88. The van der Waals surface area contributed by atoms with Crippen molar-refractivity contribution in [3.8, 4) is 17.1 Å². The highest BCUT2D eigenvalue weighted by Gasteiger charge is 2.11. The number of aryl methyl sites for hydroxylation is 1. The summed E-state index contributed by atoms with van der Waals surface area (Å²) >= 11 is 0. The molecule has 4 aromatic rings. The Morgan fingerprint density at radius 2 is 1.71 bits per heavy atom. The van der Waals surface area contributed by atoms with Crippen LogP contribution in [0.3, 0.4) is 0 Å². The van der Waals surface area contributed by atoms with Crippen LogP contribution in [0.2, 0.25) is 0 Å². The van der Waals surface area contributed by atoms with E-state index in [2.05, 4.69) is 36.2 Å². The zero-order valence-corrected chi connectivity index (χ0v) is 13.5. The van der Waals surface area contributed by atoms with Crippen molar-refractivity contribution in [3.63, 3.8) is 0 Å². The Labute approximate surface area is 140 Å². The van der Waals surface area contributed by atoms with E-state index in [0.29, 0.717) is 6.61 Å². The van der Waals surface area contributed by atoms with Crippen molar-refractivity contribution in [3.05, 3.63) is 83.9 Å². The molecule has 0 spiro atoms. The van der Waals surface area contributed by atoms with E-state index in [-0.39, 0.29) is 0 Å². The van der Waals surface area contributed by atoms with E-state index in [9.17, 15) is 0 Å². The third-order valence-corrected chi connectivity index (χ3v) is 4.02. The first kappa shape index (κ1) is 14.5. The first-order chi connectivity index (χ1) is 11.8. The van der Waals surface area contributed by atoms with Gasteiger partial charge in [-0.25, -0.2) is 4.98 Å². The van der Waals surface area contributed by atoms with Gasteiger partial charge in [-0.1, -0.05) is 48.5 Å². The molecule has 0 saturated carbocycles. The maximum absolute atomic E-state index is 6.04. The third kappa shape index (κ3) is 2.88. The molecule has 0 aliphatic carbocycles. The zero-order valence-electron chi connectivity index (χ0n) is 13.5. The van der Waals surface area contributed by atoms with Gasteiger partial charge in [0, 0.05) is 0 Å². The van der Waals surface area contributed by atoms with E-state index in [1.54, 1.807) is 0 Å². The normalized spacial score (nSPS) is 10.9. The molecule has 0 aliphatic rings. The minimum atomic E-state index is 0.539. The number of H-pyrrole nitrogens is 1. The third-order valence-electron chi connectivity index (χ3n) is 4.02. The largest absolute Gasteiger partial charge is 0.488 e. The topological polar surface area (TPSA) is 37.9 Å². The average Bonchev–Trinajstić information content (AvgIpc) is 3.04. The summed E-state index contributed by atoms with van der Waals surface area (Å²) in [7, 11) is 0. The summed E-state index contributed by atoms with van der Waals surface area (Å²) in [5.74, 6) is 1.66. The molecule has 0 bridgehead atoms. The molecule has 0 fully saturated rings. The molecule has 3 heteroatoms. The fourth-order valence-corrected chi connectivity index (χ4v) is 2.77. The fourth-order valence-electron chi connectivity index (χ4n) is 2.77. The van der Waals surface area contributed by atoms with Crippen LogP contribution >= 0.6 is 0 Å². The lowest BCUT2D eigenvalue weighted by Crippen LogP contribution is -1.97. The van der Waals surface area contributed by atoms with E-state index in [0.717, 1.165) is 33.7 Å². The van der Waals surface area contributed by atoms with Crippen molar-refractivity contribution in [2.24, 2.45) is 0 Å². The molecule has 1 aromatic heterocycles. The van der Waals surface area contributed by atoms with Crippen molar-refractivity contribution in [1.82, 2.24) is 9.97 Å². The molecule has 4 rings (SSSR count). The molecular weight excluding hydrogens is 296 g/mol. The maximum atomic E-state index is 6.04. The highest BCUT2D eigenvalue weighted by molar-refractivity contribution is 5.81. The SMILES string of the molecule is Cc1ccc2nc(-c3ccccc3OCc3ccccc3)[nH]c2c1. The zero-order chi connectivity index (χ0) is 16.4. The molecule has 3 aromatic carbocycles. The minimum absolute atomic E-state index is 0.539. The van der Waals surface area contributed by atoms with Crippen LogP contribution < -0.4 is 4.74 Å². The number of hydrogen-bond donors (Lipinski definition) is 1. The monoisotopic (exact) mass is 314 g/mol. The molecule has 0 unspecified atom stereocenters. The Bertz CT molecular complexity index is 973. The Kier molecular flexibility index (Phi) is 3.75. The van der Waals surface area contributed by atoms with Gasteiger partial charge in [0.05, 0.1) is 16.6 Å². The summed E-state index contributed by atoms with van der Waals surface area (Å²) < 4.78 is 6.04. The molecule has 1 N–H and O–H groups in total. The van der Waals surface area contributed by atoms with E-state index in [1.165, 1.54) is 5.56 Å². The van der Waals surface area contributed by atoms with Crippen LogP contribution in [-0.4, -0.2) is 9.97 Å². The fraction of sp³-hybridized carbons (Fsp3) is 0.0952. The van der Waals surface area contributed by atoms with Gasteiger partial charge in [-0.05, 0) is 42.3 Å². The Morgan fingerprint density at radius 3 is 2.58 bits per heavy atom. The number of para-hydroxylation sites is 1. The highest BCUT2D eigenvalue weighted by Crippen LogP contribution is 2.30. The Balaban J connectivity index is 1.67. The number of hydrogen-bond acceptors (Lipinski definition) is 2. The van der Waals surface area contributed by atoms with Crippen molar-refractivity contribution in [1.29, 1.82) is 0 Å². The molecule has 24 heavy (non-hydrogen) atoms. The van der Waals surface area contributed by atoms with Crippen LogP contribution in [0.4, 0.5) is 0 Å². The van der Waals surface area contributed by atoms with Gasteiger partial charge in [-0.3, -0.25) is 0 Å². The maximum Gasteiger partial charge on any atom is 0.142 e. The van der Waals surface area contributed by atoms with Crippen LogP contribution in [0.5, 0.6) is 5.75 Å². The number of aromatic nitrogens is 2. The van der Waals surface area contributed by atoms with Gasteiger partial charge in [0.1, 0.15) is 18.2 Å². The number of aromatic amines is 1. The first-order valence-electron chi connectivity index (χ1n) is 8.02. The summed E-state index contributed by atoms with van der Waals surface area (Å²) in [4.78, 5) is 8.10. The van der Waals surface area contributed by atoms with Gasteiger partial charge >= 0.3 is 0 Å². The van der Waals surface area contributed by atoms with Gasteiger partial charge in [-0.2, -0.15) is 0 Å². The molecule has 3 nitrogen and oxygen atoms in total. The molecule has 0 radical (unpaired) electrons. The quantitative estimate of drug-likeness (QED) is 0.568. The van der Waals surface area contributed by atoms with Crippen LogP contribution in [0.15, 0.2) is 72.8 Å². The van der Waals surface area contributed by atoms with E-state index in [1.807, 2.05) is 48.5 Å². The first-order valence-corrected chi connectivity index (χ1v) is 8.02. The summed E-state index contributed by atoms with van der Waals surface area (Å²) in [6.45, 7) is 2.62. The second-order valence-electron chi connectivity index (χ2n) is 5.88. The van der Waals surface area contributed by atoms with Crippen LogP contribution in [-0.2, 0) is 6.61 Å². The average molecular weight is 314 g/mol. The lowest BCUT2D eigenvalue weighted by atomic mass is 10.2. The Morgan fingerprint density at radius 1 is 0.917 bits per heavy atom. The summed E-state index contributed by atoms with van der Waals surface area (Å²) in [6.07, 6.45) is 0. The smallest absolute Gasteiger partial charge is 0.142 e. The van der Waals surface area contributed by atoms with Crippen LogP contribution in [0, 0.1) is 6.92 Å². The summed E-state index contributed by atoms with van der Waals surface area (Å²) in [5, 5.41) is 0. The van der Waals surface area contributed by atoms with Gasteiger partial charge in [0.25, 0.3) is 0 Å². The number of rotatable bonds is 4. The number of benzene rings is 3. The highest BCUT2D eigenvalue weighted by atomic mass is 16.5. The van der Waals surface area contributed by atoms with E-state index in [4.69, 9.17) is 9.72 Å².